The first kappa shape index (κ1) is 15.6. The molecule has 22 heavy (non-hydrogen) atoms. The van der Waals surface area contributed by atoms with Gasteiger partial charge < -0.3 is 15.4 Å². The van der Waals surface area contributed by atoms with Crippen LogP contribution in [0, 0.1) is 5.82 Å². The largest absolute Gasteiger partial charge is 0.373 e. The molecule has 2 N–H and O–H groups in total. The van der Waals surface area contributed by atoms with Gasteiger partial charge in [0.15, 0.2) is 5.96 Å². The molecule has 0 radical (unpaired) electrons. The highest BCUT2D eigenvalue weighted by molar-refractivity contribution is 6.30. The SMILES string of the molecule is CCNC(=NCc1ccc(F)c(Cl)c1)NC1CC2CCC1O2. The Balaban J connectivity index is 1.63. The van der Waals surface area contributed by atoms with E-state index in [0.717, 1.165) is 30.9 Å². The van der Waals surface area contributed by atoms with E-state index < -0.39 is 5.82 Å². The van der Waals surface area contributed by atoms with Crippen molar-refractivity contribution < 1.29 is 9.13 Å². The third kappa shape index (κ3) is 3.52. The summed E-state index contributed by atoms with van der Waals surface area (Å²) in [5.41, 5.74) is 0.882. The molecule has 6 heteroatoms. The van der Waals surface area contributed by atoms with Gasteiger partial charge in [0.2, 0.25) is 0 Å². The minimum Gasteiger partial charge on any atom is -0.373 e. The van der Waals surface area contributed by atoms with Crippen LogP contribution in [0.25, 0.3) is 0 Å². The van der Waals surface area contributed by atoms with Gasteiger partial charge in [-0.15, -0.1) is 0 Å². The molecule has 2 aliphatic rings. The van der Waals surface area contributed by atoms with Crippen LogP contribution in [-0.2, 0) is 11.3 Å². The quantitative estimate of drug-likeness (QED) is 0.661. The molecule has 4 nitrogen and oxygen atoms in total. The number of aliphatic imine (C=N–C) groups is 1. The van der Waals surface area contributed by atoms with Crippen molar-refractivity contribution in [3.8, 4) is 0 Å². The molecule has 3 atom stereocenters. The van der Waals surface area contributed by atoms with E-state index in [-0.39, 0.29) is 5.02 Å². The van der Waals surface area contributed by atoms with E-state index in [9.17, 15) is 4.39 Å². The van der Waals surface area contributed by atoms with Crippen molar-refractivity contribution in [2.75, 3.05) is 6.54 Å². The Labute approximate surface area is 135 Å². The van der Waals surface area contributed by atoms with Crippen molar-refractivity contribution in [3.63, 3.8) is 0 Å². The van der Waals surface area contributed by atoms with Crippen LogP contribution < -0.4 is 10.6 Å². The molecule has 2 aliphatic heterocycles. The maximum Gasteiger partial charge on any atom is 0.191 e. The number of fused-ring (bicyclic) bond motifs is 2. The lowest BCUT2D eigenvalue weighted by molar-refractivity contribution is 0.0992. The summed E-state index contributed by atoms with van der Waals surface area (Å²) in [6.45, 7) is 3.28. The van der Waals surface area contributed by atoms with Gasteiger partial charge in [0.1, 0.15) is 5.82 Å². The predicted molar refractivity (Wildman–Crippen MR) is 85.7 cm³/mol. The van der Waals surface area contributed by atoms with Crippen LogP contribution in [0.5, 0.6) is 0 Å². The lowest BCUT2D eigenvalue weighted by atomic mass is 9.96. The molecule has 3 rings (SSSR count). The van der Waals surface area contributed by atoms with Gasteiger partial charge in [-0.1, -0.05) is 17.7 Å². The summed E-state index contributed by atoms with van der Waals surface area (Å²) in [4.78, 5) is 4.56. The van der Waals surface area contributed by atoms with E-state index in [1.165, 1.54) is 12.5 Å². The average Bonchev–Trinajstić information content (AvgIpc) is 3.11. The van der Waals surface area contributed by atoms with Gasteiger partial charge in [-0.3, -0.25) is 0 Å². The second kappa shape index (κ2) is 6.84. The van der Waals surface area contributed by atoms with E-state index >= 15 is 0 Å². The Bertz CT molecular complexity index is 566. The molecule has 0 aromatic heterocycles. The molecule has 0 saturated carbocycles. The van der Waals surface area contributed by atoms with E-state index in [2.05, 4.69) is 15.6 Å². The molecular formula is C16H21ClFN3O. The molecule has 2 heterocycles. The summed E-state index contributed by atoms with van der Waals surface area (Å²) in [5.74, 6) is 0.364. The normalized spacial score (nSPS) is 27.2. The number of hydrogen-bond acceptors (Lipinski definition) is 2. The Morgan fingerprint density at radius 3 is 2.95 bits per heavy atom. The zero-order valence-electron chi connectivity index (χ0n) is 12.6. The predicted octanol–water partition coefficient (Wildman–Crippen LogP) is 2.85. The first-order chi connectivity index (χ1) is 10.7. The maximum atomic E-state index is 13.2. The number of nitrogens with one attached hydrogen (secondary N) is 2. The Morgan fingerprint density at radius 1 is 1.45 bits per heavy atom. The minimum atomic E-state index is -0.404. The van der Waals surface area contributed by atoms with Crippen molar-refractivity contribution >= 4 is 17.6 Å². The highest BCUT2D eigenvalue weighted by atomic mass is 35.5. The Kier molecular flexibility index (Phi) is 4.84. The fraction of sp³-hybridized carbons (Fsp3) is 0.562. The van der Waals surface area contributed by atoms with Crippen molar-refractivity contribution in [1.29, 1.82) is 0 Å². The van der Waals surface area contributed by atoms with Crippen LogP contribution in [0.3, 0.4) is 0 Å². The topological polar surface area (TPSA) is 45.7 Å². The van der Waals surface area contributed by atoms with Crippen molar-refractivity contribution in [1.82, 2.24) is 10.6 Å². The molecule has 2 bridgehead atoms. The molecule has 1 aromatic carbocycles. The summed E-state index contributed by atoms with van der Waals surface area (Å²) in [7, 11) is 0. The highest BCUT2D eigenvalue weighted by Crippen LogP contribution is 2.34. The highest BCUT2D eigenvalue weighted by Gasteiger charge is 2.41. The zero-order chi connectivity index (χ0) is 15.5. The summed E-state index contributed by atoms with van der Waals surface area (Å²) in [6.07, 6.45) is 4.03. The van der Waals surface area contributed by atoms with Gasteiger partial charge in [-0.05, 0) is 43.9 Å². The van der Waals surface area contributed by atoms with E-state index in [4.69, 9.17) is 16.3 Å². The van der Waals surface area contributed by atoms with Gasteiger partial charge >= 0.3 is 0 Å². The van der Waals surface area contributed by atoms with Gasteiger partial charge in [0.25, 0.3) is 0 Å². The Hall–Kier alpha value is -1.33. The standard InChI is InChI=1S/C16H21ClFN3O/c1-2-19-16(21-14-8-11-4-6-15(14)22-11)20-9-10-3-5-13(18)12(17)7-10/h3,5,7,11,14-15H,2,4,6,8-9H2,1H3,(H2,19,20,21). The van der Waals surface area contributed by atoms with Crippen LogP contribution in [0.1, 0.15) is 31.7 Å². The molecule has 0 aliphatic carbocycles. The number of ether oxygens (including phenoxy) is 1. The van der Waals surface area contributed by atoms with E-state index in [0.29, 0.717) is 24.8 Å². The van der Waals surface area contributed by atoms with Crippen LogP contribution >= 0.6 is 11.6 Å². The van der Waals surface area contributed by atoms with Gasteiger partial charge in [-0.25, -0.2) is 9.38 Å². The third-order valence-electron chi connectivity index (χ3n) is 4.18. The number of benzene rings is 1. The van der Waals surface area contributed by atoms with Crippen molar-refractivity contribution in [2.45, 2.75) is 51.0 Å². The number of hydrogen-bond donors (Lipinski definition) is 2. The number of rotatable bonds is 4. The van der Waals surface area contributed by atoms with E-state index in [1.54, 1.807) is 12.1 Å². The Morgan fingerprint density at radius 2 is 2.32 bits per heavy atom. The second-order valence-corrected chi connectivity index (χ2v) is 6.21. The number of nitrogens with zero attached hydrogens (tertiary/aromatic N) is 1. The van der Waals surface area contributed by atoms with Gasteiger partial charge in [0, 0.05) is 6.54 Å². The molecule has 3 unspecified atom stereocenters. The first-order valence-electron chi connectivity index (χ1n) is 7.80. The molecule has 1 aromatic rings. The van der Waals surface area contributed by atoms with Crippen LogP contribution in [0.2, 0.25) is 5.02 Å². The number of guanidine groups is 1. The molecule has 0 spiro atoms. The first-order valence-corrected chi connectivity index (χ1v) is 8.17. The smallest absolute Gasteiger partial charge is 0.191 e. The third-order valence-corrected chi connectivity index (χ3v) is 4.47. The lowest BCUT2D eigenvalue weighted by Crippen LogP contribution is -2.47. The summed E-state index contributed by atoms with van der Waals surface area (Å²) in [5, 5.41) is 6.82. The van der Waals surface area contributed by atoms with Gasteiger partial charge in [0.05, 0.1) is 29.8 Å². The molecule has 2 fully saturated rings. The fourth-order valence-electron chi connectivity index (χ4n) is 3.09. The summed E-state index contributed by atoms with van der Waals surface area (Å²) >= 11 is 5.80. The van der Waals surface area contributed by atoms with Crippen LogP contribution in [-0.4, -0.2) is 30.8 Å². The molecule has 0 amide bonds. The minimum absolute atomic E-state index is 0.132. The van der Waals surface area contributed by atoms with Crippen molar-refractivity contribution in [2.24, 2.45) is 4.99 Å². The second-order valence-electron chi connectivity index (χ2n) is 5.80. The van der Waals surface area contributed by atoms with Crippen molar-refractivity contribution in [3.05, 3.63) is 34.6 Å². The van der Waals surface area contributed by atoms with Crippen LogP contribution in [0.15, 0.2) is 23.2 Å². The maximum absolute atomic E-state index is 13.2. The monoisotopic (exact) mass is 325 g/mol. The average molecular weight is 326 g/mol. The summed E-state index contributed by atoms with van der Waals surface area (Å²) in [6, 6.07) is 5.02. The van der Waals surface area contributed by atoms with E-state index in [1.807, 2.05) is 6.92 Å². The molecular weight excluding hydrogens is 305 g/mol. The number of halogens is 2. The fourth-order valence-corrected chi connectivity index (χ4v) is 3.30. The molecule has 2 saturated heterocycles. The van der Waals surface area contributed by atoms with Gasteiger partial charge in [-0.2, -0.15) is 0 Å². The summed E-state index contributed by atoms with van der Waals surface area (Å²) < 4.78 is 19.0. The lowest BCUT2D eigenvalue weighted by Gasteiger charge is -2.22. The molecule has 120 valence electrons. The van der Waals surface area contributed by atoms with Crippen LogP contribution in [0.4, 0.5) is 4.39 Å². The zero-order valence-corrected chi connectivity index (χ0v) is 13.4.